The van der Waals surface area contributed by atoms with Gasteiger partial charge in [0.1, 0.15) is 0 Å². The van der Waals surface area contributed by atoms with E-state index in [2.05, 4.69) is 5.32 Å². The van der Waals surface area contributed by atoms with Crippen LogP contribution in [0.2, 0.25) is 0 Å². The molecule has 9 heteroatoms. The molecule has 8 nitrogen and oxygen atoms in total. The van der Waals surface area contributed by atoms with Gasteiger partial charge >= 0.3 is 5.97 Å². The molecular formula is C16H22N2O6S. The Morgan fingerprint density at radius 3 is 2.48 bits per heavy atom. The van der Waals surface area contributed by atoms with Crippen LogP contribution in [0.4, 0.5) is 0 Å². The van der Waals surface area contributed by atoms with E-state index in [4.69, 9.17) is 9.84 Å². The van der Waals surface area contributed by atoms with Crippen molar-refractivity contribution in [3.8, 4) is 0 Å². The molecule has 1 fully saturated rings. The number of carbonyl (C=O) groups excluding carboxylic acids is 1. The molecule has 2 rings (SSSR count). The molecule has 25 heavy (non-hydrogen) atoms. The van der Waals surface area contributed by atoms with Gasteiger partial charge < -0.3 is 15.2 Å². The molecule has 1 aromatic carbocycles. The van der Waals surface area contributed by atoms with Crippen molar-refractivity contribution in [2.45, 2.75) is 30.3 Å². The van der Waals surface area contributed by atoms with Crippen molar-refractivity contribution < 1.29 is 27.9 Å². The topological polar surface area (TPSA) is 113 Å². The molecule has 0 aromatic heterocycles. The summed E-state index contributed by atoms with van der Waals surface area (Å²) >= 11 is 0. The van der Waals surface area contributed by atoms with E-state index in [0.29, 0.717) is 13.1 Å². The average molecular weight is 370 g/mol. The summed E-state index contributed by atoms with van der Waals surface area (Å²) in [6, 6.07) is 5.93. The Kier molecular flexibility index (Phi) is 6.51. The predicted molar refractivity (Wildman–Crippen MR) is 89.8 cm³/mol. The number of hydrogen-bond donors (Lipinski definition) is 2. The predicted octanol–water partition coefficient (Wildman–Crippen LogP) is 0.691. The van der Waals surface area contributed by atoms with E-state index in [1.54, 1.807) is 12.1 Å². The van der Waals surface area contributed by atoms with Gasteiger partial charge in [0.2, 0.25) is 10.0 Å². The molecule has 1 heterocycles. The summed E-state index contributed by atoms with van der Waals surface area (Å²) < 4.78 is 31.8. The molecule has 0 aliphatic carbocycles. The van der Waals surface area contributed by atoms with Crippen molar-refractivity contribution in [1.29, 1.82) is 0 Å². The summed E-state index contributed by atoms with van der Waals surface area (Å²) in [5.74, 6) is -1.86. The van der Waals surface area contributed by atoms with Gasteiger partial charge in [-0.15, -0.1) is 0 Å². The van der Waals surface area contributed by atoms with Crippen molar-refractivity contribution in [3.05, 3.63) is 29.8 Å². The molecule has 0 spiro atoms. The first kappa shape index (κ1) is 19.4. The highest BCUT2D eigenvalue weighted by molar-refractivity contribution is 7.89. The minimum absolute atomic E-state index is 0.00619. The minimum atomic E-state index is -3.77. The van der Waals surface area contributed by atoms with Crippen molar-refractivity contribution >= 4 is 21.9 Å². The lowest BCUT2D eigenvalue weighted by atomic mass is 10.2. The van der Waals surface area contributed by atoms with Crippen LogP contribution in [0.25, 0.3) is 0 Å². The van der Waals surface area contributed by atoms with Gasteiger partial charge in [-0.1, -0.05) is 18.6 Å². The van der Waals surface area contributed by atoms with Crippen LogP contribution in [0, 0.1) is 0 Å². The number of carbonyl (C=O) groups is 2. The van der Waals surface area contributed by atoms with Gasteiger partial charge in [0.05, 0.1) is 17.0 Å². The molecule has 1 aromatic rings. The molecule has 1 aliphatic heterocycles. The number of sulfonamides is 1. The lowest BCUT2D eigenvalue weighted by Crippen LogP contribution is -2.39. The van der Waals surface area contributed by atoms with Crippen molar-refractivity contribution in [3.63, 3.8) is 0 Å². The number of rotatable bonds is 7. The van der Waals surface area contributed by atoms with Crippen molar-refractivity contribution in [2.24, 2.45) is 0 Å². The van der Waals surface area contributed by atoms with Gasteiger partial charge in [-0.25, -0.2) is 13.2 Å². The summed E-state index contributed by atoms with van der Waals surface area (Å²) in [4.78, 5) is 23.3. The van der Waals surface area contributed by atoms with Gasteiger partial charge in [0.15, 0.2) is 6.10 Å². The van der Waals surface area contributed by atoms with Crippen LogP contribution in [-0.4, -0.2) is 62.6 Å². The van der Waals surface area contributed by atoms with E-state index >= 15 is 0 Å². The van der Waals surface area contributed by atoms with Crippen LogP contribution in [0.1, 0.15) is 29.6 Å². The van der Waals surface area contributed by atoms with Crippen LogP contribution >= 0.6 is 0 Å². The molecule has 0 bridgehead atoms. The SMILES string of the molecule is COC(CNC(=O)c1ccccc1S(=O)(=O)N1CCCCC1)C(=O)O. The summed E-state index contributed by atoms with van der Waals surface area (Å²) in [7, 11) is -2.55. The standard InChI is InChI=1S/C16H22N2O6S/c1-24-13(16(20)21)11-17-15(19)12-7-3-4-8-14(12)25(22,23)18-9-5-2-6-10-18/h3-4,7-8,13H,2,5-6,9-11H2,1H3,(H,17,19)(H,20,21). The zero-order chi connectivity index (χ0) is 18.4. The smallest absolute Gasteiger partial charge is 0.334 e. The van der Waals surface area contributed by atoms with Crippen LogP contribution in [0.3, 0.4) is 0 Å². The van der Waals surface area contributed by atoms with Gasteiger partial charge in [-0.3, -0.25) is 4.79 Å². The fraction of sp³-hybridized carbons (Fsp3) is 0.500. The van der Waals surface area contributed by atoms with Crippen LogP contribution in [0.15, 0.2) is 29.2 Å². The Morgan fingerprint density at radius 1 is 1.24 bits per heavy atom. The number of carboxylic acids is 1. The lowest BCUT2D eigenvalue weighted by Gasteiger charge is -2.26. The number of hydrogen-bond acceptors (Lipinski definition) is 5. The molecular weight excluding hydrogens is 348 g/mol. The third kappa shape index (κ3) is 4.56. The fourth-order valence-electron chi connectivity index (χ4n) is 2.68. The fourth-order valence-corrected chi connectivity index (χ4v) is 4.38. The van der Waals surface area contributed by atoms with E-state index in [-0.39, 0.29) is 17.0 Å². The van der Waals surface area contributed by atoms with E-state index in [1.807, 2.05) is 0 Å². The number of carboxylic acid groups (broad SMARTS) is 1. The first-order valence-electron chi connectivity index (χ1n) is 8.01. The summed E-state index contributed by atoms with van der Waals surface area (Å²) in [6.45, 7) is 0.606. The Bertz CT molecular complexity index is 728. The first-order valence-corrected chi connectivity index (χ1v) is 9.45. The van der Waals surface area contributed by atoms with E-state index < -0.39 is 28.0 Å². The normalized spacial score (nSPS) is 17.0. The van der Waals surface area contributed by atoms with Crippen LogP contribution in [0.5, 0.6) is 0 Å². The Balaban J connectivity index is 2.22. The highest BCUT2D eigenvalue weighted by Crippen LogP contribution is 2.23. The number of aliphatic carboxylic acids is 1. The molecule has 0 radical (unpaired) electrons. The second-order valence-corrected chi connectivity index (χ2v) is 7.64. The number of nitrogens with one attached hydrogen (secondary N) is 1. The second kappa shape index (κ2) is 8.41. The van der Waals surface area contributed by atoms with Gasteiger partial charge in [-0.2, -0.15) is 4.31 Å². The van der Waals surface area contributed by atoms with Crippen molar-refractivity contribution in [2.75, 3.05) is 26.7 Å². The maximum absolute atomic E-state index is 12.8. The highest BCUT2D eigenvalue weighted by atomic mass is 32.2. The third-order valence-corrected chi connectivity index (χ3v) is 6.03. The number of amides is 1. The zero-order valence-corrected chi connectivity index (χ0v) is 14.8. The number of methoxy groups -OCH3 is 1. The summed E-state index contributed by atoms with van der Waals surface area (Å²) in [5, 5.41) is 11.4. The molecule has 0 saturated carbocycles. The van der Waals surface area contributed by atoms with Gasteiger partial charge in [0, 0.05) is 20.2 Å². The third-order valence-electron chi connectivity index (χ3n) is 4.07. The first-order chi connectivity index (χ1) is 11.9. The van der Waals surface area contributed by atoms with E-state index in [9.17, 15) is 18.0 Å². The number of piperidine rings is 1. The summed E-state index contributed by atoms with van der Waals surface area (Å²) in [6.07, 6.45) is 1.38. The van der Waals surface area contributed by atoms with Gasteiger partial charge in [-0.05, 0) is 25.0 Å². The number of nitrogens with zero attached hydrogens (tertiary/aromatic N) is 1. The molecule has 1 saturated heterocycles. The maximum atomic E-state index is 12.8. The summed E-state index contributed by atoms with van der Waals surface area (Å²) in [5.41, 5.74) is -0.00619. The Hall–Kier alpha value is -1.97. The minimum Gasteiger partial charge on any atom is -0.479 e. The lowest BCUT2D eigenvalue weighted by molar-refractivity contribution is -0.148. The molecule has 1 amide bonds. The monoisotopic (exact) mass is 370 g/mol. The number of benzene rings is 1. The quantitative estimate of drug-likeness (QED) is 0.730. The highest BCUT2D eigenvalue weighted by Gasteiger charge is 2.30. The maximum Gasteiger partial charge on any atom is 0.334 e. The molecule has 1 atom stereocenters. The molecule has 1 aliphatic rings. The zero-order valence-electron chi connectivity index (χ0n) is 14.0. The molecule has 138 valence electrons. The van der Waals surface area contributed by atoms with Crippen LogP contribution in [-0.2, 0) is 19.6 Å². The van der Waals surface area contributed by atoms with Gasteiger partial charge in [0.25, 0.3) is 5.91 Å². The number of ether oxygens (including phenoxy) is 1. The average Bonchev–Trinajstić information content (AvgIpc) is 2.62. The second-order valence-electron chi connectivity index (χ2n) is 5.73. The van der Waals surface area contributed by atoms with E-state index in [1.165, 1.54) is 23.5 Å². The Labute approximate surface area is 146 Å². The molecule has 1 unspecified atom stereocenters. The van der Waals surface area contributed by atoms with Crippen LogP contribution < -0.4 is 5.32 Å². The molecule has 2 N–H and O–H groups in total. The van der Waals surface area contributed by atoms with E-state index in [0.717, 1.165) is 19.3 Å². The Morgan fingerprint density at radius 2 is 1.88 bits per heavy atom. The van der Waals surface area contributed by atoms with Crippen molar-refractivity contribution in [1.82, 2.24) is 9.62 Å². The largest absolute Gasteiger partial charge is 0.479 e.